The van der Waals surface area contributed by atoms with E-state index in [1.807, 2.05) is 12.1 Å². The van der Waals surface area contributed by atoms with Crippen molar-refractivity contribution in [1.82, 2.24) is 10.3 Å². The first-order valence-corrected chi connectivity index (χ1v) is 7.27. The van der Waals surface area contributed by atoms with Gasteiger partial charge in [0.2, 0.25) is 5.88 Å². The fourth-order valence-corrected chi connectivity index (χ4v) is 2.09. The molecule has 1 aromatic carbocycles. The van der Waals surface area contributed by atoms with Gasteiger partial charge in [0.25, 0.3) is 0 Å². The van der Waals surface area contributed by atoms with E-state index in [1.54, 1.807) is 24.4 Å². The summed E-state index contributed by atoms with van der Waals surface area (Å²) in [5, 5.41) is 3.40. The van der Waals surface area contributed by atoms with Crippen LogP contribution in [0.25, 0.3) is 0 Å². The summed E-state index contributed by atoms with van der Waals surface area (Å²) in [6.45, 7) is 5.31. The van der Waals surface area contributed by atoms with Crippen LogP contribution in [-0.4, -0.2) is 11.5 Å². The van der Waals surface area contributed by atoms with E-state index in [0.29, 0.717) is 11.4 Å². The molecule has 0 spiro atoms. The molecule has 2 rings (SSSR count). The van der Waals surface area contributed by atoms with Crippen LogP contribution in [0, 0.1) is 5.82 Å². The van der Waals surface area contributed by atoms with Crippen LogP contribution < -0.4 is 10.1 Å². The molecule has 3 nitrogen and oxygen atoms in total. The molecule has 0 radical (unpaired) electrons. The Morgan fingerprint density at radius 2 is 2.05 bits per heavy atom. The minimum atomic E-state index is -0.257. The monoisotopic (exact) mass is 288 g/mol. The normalized spacial score (nSPS) is 12.1. The molecule has 0 aliphatic heterocycles. The average Bonchev–Trinajstić information content (AvgIpc) is 2.52. The molecule has 0 aliphatic carbocycles. The largest absolute Gasteiger partial charge is 0.472 e. The van der Waals surface area contributed by atoms with Gasteiger partial charge in [0.05, 0.1) is 0 Å². The fourth-order valence-electron chi connectivity index (χ4n) is 2.09. The zero-order valence-corrected chi connectivity index (χ0v) is 12.5. The number of nitrogens with zero attached hydrogens (tertiary/aromatic N) is 1. The van der Waals surface area contributed by atoms with Crippen molar-refractivity contribution in [2.45, 2.75) is 32.9 Å². The van der Waals surface area contributed by atoms with Crippen molar-refractivity contribution < 1.29 is 9.13 Å². The average molecular weight is 288 g/mol. The van der Waals surface area contributed by atoms with E-state index in [4.69, 9.17) is 4.74 Å². The highest BCUT2D eigenvalue weighted by atomic mass is 19.1. The van der Waals surface area contributed by atoms with Gasteiger partial charge >= 0.3 is 0 Å². The second-order valence-electron chi connectivity index (χ2n) is 4.95. The molecule has 1 heterocycles. The highest BCUT2D eigenvalue weighted by molar-refractivity contribution is 5.29. The number of pyridine rings is 1. The third-order valence-electron chi connectivity index (χ3n) is 3.29. The van der Waals surface area contributed by atoms with Crippen LogP contribution in [0.4, 0.5) is 4.39 Å². The van der Waals surface area contributed by atoms with Gasteiger partial charge in [-0.3, -0.25) is 0 Å². The highest BCUT2D eigenvalue weighted by Crippen LogP contribution is 2.23. The summed E-state index contributed by atoms with van der Waals surface area (Å²) in [7, 11) is 0. The highest BCUT2D eigenvalue weighted by Gasteiger charge is 2.12. The summed E-state index contributed by atoms with van der Waals surface area (Å²) in [6, 6.07) is 10.6. The molecular weight excluding hydrogens is 267 g/mol. The summed E-state index contributed by atoms with van der Waals surface area (Å²) in [6.07, 6.45) is 2.75. The quantitative estimate of drug-likeness (QED) is 0.840. The first-order valence-electron chi connectivity index (χ1n) is 7.27. The molecule has 1 unspecified atom stereocenters. The molecule has 0 saturated heterocycles. The molecule has 0 fully saturated rings. The summed E-state index contributed by atoms with van der Waals surface area (Å²) in [5.41, 5.74) is 1.52. The molecular formula is C17H21FN2O. The van der Waals surface area contributed by atoms with Gasteiger partial charge < -0.3 is 10.1 Å². The van der Waals surface area contributed by atoms with Crippen molar-refractivity contribution in [2.75, 3.05) is 6.54 Å². The Morgan fingerprint density at radius 1 is 1.24 bits per heavy atom. The van der Waals surface area contributed by atoms with E-state index in [2.05, 4.69) is 24.1 Å². The van der Waals surface area contributed by atoms with Crippen molar-refractivity contribution in [3.05, 3.63) is 59.5 Å². The van der Waals surface area contributed by atoms with E-state index in [9.17, 15) is 4.39 Å². The van der Waals surface area contributed by atoms with Gasteiger partial charge in [-0.2, -0.15) is 0 Å². The minimum absolute atomic E-state index is 0.147. The van der Waals surface area contributed by atoms with Crippen molar-refractivity contribution in [3.8, 4) is 5.88 Å². The molecule has 21 heavy (non-hydrogen) atoms. The van der Waals surface area contributed by atoms with E-state index in [-0.39, 0.29) is 18.5 Å². The number of hydrogen-bond acceptors (Lipinski definition) is 3. The molecule has 112 valence electrons. The van der Waals surface area contributed by atoms with Crippen molar-refractivity contribution >= 4 is 0 Å². The third kappa shape index (κ3) is 4.26. The molecule has 0 aliphatic rings. The molecule has 0 bridgehead atoms. The lowest BCUT2D eigenvalue weighted by atomic mass is 10.1. The van der Waals surface area contributed by atoms with Gasteiger partial charge in [0, 0.05) is 23.4 Å². The number of ether oxygens (including phenoxy) is 1. The first-order chi connectivity index (χ1) is 10.2. The van der Waals surface area contributed by atoms with Crippen molar-refractivity contribution in [2.24, 2.45) is 0 Å². The Hall–Kier alpha value is -1.94. The lowest BCUT2D eigenvalue weighted by molar-refractivity contribution is 0.281. The smallest absolute Gasteiger partial charge is 0.218 e. The number of hydrogen-bond donors (Lipinski definition) is 1. The van der Waals surface area contributed by atoms with Gasteiger partial charge in [-0.05, 0) is 32.0 Å². The maximum Gasteiger partial charge on any atom is 0.218 e. The lowest BCUT2D eigenvalue weighted by Crippen LogP contribution is -2.20. The third-order valence-corrected chi connectivity index (χ3v) is 3.29. The number of benzene rings is 1. The SMILES string of the molecule is CCCNC(C)c1cccnc1OCc1ccccc1F. The van der Waals surface area contributed by atoms with Crippen molar-refractivity contribution in [1.29, 1.82) is 0 Å². The lowest BCUT2D eigenvalue weighted by Gasteiger charge is -2.17. The standard InChI is InChI=1S/C17H21FN2O/c1-3-10-19-13(2)15-8-6-11-20-17(15)21-12-14-7-4-5-9-16(14)18/h4-9,11,13,19H,3,10,12H2,1-2H3. The van der Waals surface area contributed by atoms with Crippen LogP contribution in [0.5, 0.6) is 5.88 Å². The topological polar surface area (TPSA) is 34.2 Å². The Bertz CT molecular complexity index is 574. The molecule has 2 aromatic rings. The molecule has 0 amide bonds. The Kier molecular flexibility index (Phi) is 5.69. The van der Waals surface area contributed by atoms with Gasteiger partial charge in [0.15, 0.2) is 0 Å². The van der Waals surface area contributed by atoms with Crippen LogP contribution in [0.2, 0.25) is 0 Å². The second-order valence-corrected chi connectivity index (χ2v) is 4.95. The zero-order chi connectivity index (χ0) is 15.1. The summed E-state index contributed by atoms with van der Waals surface area (Å²) in [5.74, 6) is 0.295. The summed E-state index contributed by atoms with van der Waals surface area (Å²) >= 11 is 0. The van der Waals surface area contributed by atoms with Gasteiger partial charge in [-0.1, -0.05) is 31.2 Å². The van der Waals surface area contributed by atoms with E-state index < -0.39 is 0 Å². The Labute approximate surface area is 125 Å². The maximum absolute atomic E-state index is 13.6. The summed E-state index contributed by atoms with van der Waals surface area (Å²) < 4.78 is 19.3. The molecule has 1 aromatic heterocycles. The number of halogens is 1. The van der Waals surface area contributed by atoms with Crippen LogP contribution >= 0.6 is 0 Å². The molecule has 4 heteroatoms. The van der Waals surface area contributed by atoms with Crippen LogP contribution in [0.1, 0.15) is 37.4 Å². The predicted molar refractivity (Wildman–Crippen MR) is 81.7 cm³/mol. The van der Waals surface area contributed by atoms with E-state index >= 15 is 0 Å². The minimum Gasteiger partial charge on any atom is -0.472 e. The maximum atomic E-state index is 13.6. The van der Waals surface area contributed by atoms with E-state index in [1.165, 1.54) is 6.07 Å². The predicted octanol–water partition coefficient (Wildman–Crippen LogP) is 3.86. The number of rotatable bonds is 7. The fraction of sp³-hybridized carbons (Fsp3) is 0.353. The molecule has 1 N–H and O–H groups in total. The van der Waals surface area contributed by atoms with Crippen LogP contribution in [0.3, 0.4) is 0 Å². The molecule has 1 atom stereocenters. The Morgan fingerprint density at radius 3 is 2.81 bits per heavy atom. The number of aromatic nitrogens is 1. The van der Waals surface area contributed by atoms with E-state index in [0.717, 1.165) is 18.5 Å². The number of nitrogens with one attached hydrogen (secondary N) is 1. The van der Waals surface area contributed by atoms with Gasteiger partial charge in [0.1, 0.15) is 12.4 Å². The van der Waals surface area contributed by atoms with Gasteiger partial charge in [-0.25, -0.2) is 9.37 Å². The van der Waals surface area contributed by atoms with Crippen LogP contribution in [-0.2, 0) is 6.61 Å². The van der Waals surface area contributed by atoms with Crippen LogP contribution in [0.15, 0.2) is 42.6 Å². The zero-order valence-electron chi connectivity index (χ0n) is 12.5. The second kappa shape index (κ2) is 7.74. The van der Waals surface area contributed by atoms with Crippen molar-refractivity contribution in [3.63, 3.8) is 0 Å². The summed E-state index contributed by atoms with van der Waals surface area (Å²) in [4.78, 5) is 4.27. The Balaban J connectivity index is 2.08. The van der Waals surface area contributed by atoms with Gasteiger partial charge in [-0.15, -0.1) is 0 Å². The first kappa shape index (κ1) is 15.4. The molecule has 0 saturated carbocycles.